The number of piperazine rings is 1. The first-order valence-corrected chi connectivity index (χ1v) is 10.6. The van der Waals surface area contributed by atoms with E-state index in [4.69, 9.17) is 21.1 Å². The normalized spacial score (nSPS) is 17.2. The van der Waals surface area contributed by atoms with Crippen LogP contribution >= 0.6 is 11.6 Å². The maximum atomic E-state index is 13.4. The van der Waals surface area contributed by atoms with Gasteiger partial charge in [-0.1, -0.05) is 11.6 Å². The van der Waals surface area contributed by atoms with E-state index >= 15 is 0 Å². The van der Waals surface area contributed by atoms with Crippen molar-refractivity contribution in [3.05, 3.63) is 58.9 Å². The Bertz CT molecular complexity index is 910. The van der Waals surface area contributed by atoms with Gasteiger partial charge in [0.15, 0.2) is 0 Å². The number of methoxy groups -OCH3 is 1. The van der Waals surface area contributed by atoms with E-state index in [0.717, 1.165) is 32.0 Å². The molecule has 2 fully saturated rings. The summed E-state index contributed by atoms with van der Waals surface area (Å²) < 4.78 is 10.0. The van der Waals surface area contributed by atoms with Gasteiger partial charge in [-0.15, -0.1) is 0 Å². The van der Waals surface area contributed by atoms with Gasteiger partial charge in [-0.3, -0.25) is 14.8 Å². The molecule has 4 rings (SSSR count). The second kappa shape index (κ2) is 9.64. The van der Waals surface area contributed by atoms with Crippen LogP contribution in [0, 0.1) is 0 Å². The zero-order valence-electron chi connectivity index (χ0n) is 17.4. The van der Waals surface area contributed by atoms with Crippen molar-refractivity contribution in [1.29, 1.82) is 0 Å². The molecule has 0 spiro atoms. The summed E-state index contributed by atoms with van der Waals surface area (Å²) in [5.41, 5.74) is 1.77. The number of carbonyl (C=O) groups is 2. The number of aromatic nitrogens is 1. The summed E-state index contributed by atoms with van der Waals surface area (Å²) in [4.78, 5) is 35.4. The highest BCUT2D eigenvalue weighted by Crippen LogP contribution is 2.23. The molecule has 31 heavy (non-hydrogen) atoms. The van der Waals surface area contributed by atoms with Crippen molar-refractivity contribution in [1.82, 2.24) is 14.8 Å². The lowest BCUT2D eigenvalue weighted by Gasteiger charge is -2.43. The van der Waals surface area contributed by atoms with Crippen LogP contribution in [0.3, 0.4) is 0 Å². The number of esters is 1. The van der Waals surface area contributed by atoms with Crippen LogP contribution in [0.4, 0.5) is 10.5 Å². The maximum absolute atomic E-state index is 13.4. The molecule has 2 aromatic rings. The molecule has 2 amide bonds. The van der Waals surface area contributed by atoms with Crippen LogP contribution in [0.1, 0.15) is 16.1 Å². The van der Waals surface area contributed by atoms with Crippen molar-refractivity contribution in [3.63, 3.8) is 0 Å². The minimum absolute atomic E-state index is 0.0781. The van der Waals surface area contributed by atoms with E-state index in [9.17, 15) is 9.59 Å². The van der Waals surface area contributed by atoms with Gasteiger partial charge in [-0.05, 0) is 36.4 Å². The number of hydrogen-bond acceptors (Lipinski definition) is 6. The zero-order chi connectivity index (χ0) is 21.8. The monoisotopic (exact) mass is 444 g/mol. The average molecular weight is 445 g/mol. The minimum Gasteiger partial charge on any atom is -0.465 e. The third kappa shape index (κ3) is 4.98. The molecule has 2 aliphatic rings. The van der Waals surface area contributed by atoms with Crippen molar-refractivity contribution in [3.8, 4) is 0 Å². The van der Waals surface area contributed by atoms with Crippen LogP contribution in [-0.4, -0.2) is 79.3 Å². The Kier molecular flexibility index (Phi) is 6.70. The van der Waals surface area contributed by atoms with Gasteiger partial charge in [-0.2, -0.15) is 0 Å². The van der Waals surface area contributed by atoms with E-state index in [1.165, 1.54) is 13.3 Å². The quantitative estimate of drug-likeness (QED) is 0.660. The summed E-state index contributed by atoms with van der Waals surface area (Å²) in [6, 6.07) is 11.0. The lowest BCUT2D eigenvalue weighted by Crippen LogP contribution is -2.59. The Morgan fingerprint density at radius 1 is 1.13 bits per heavy atom. The Morgan fingerprint density at radius 2 is 1.84 bits per heavy atom. The van der Waals surface area contributed by atoms with Gasteiger partial charge in [0, 0.05) is 43.1 Å². The largest absolute Gasteiger partial charge is 0.465 e. The van der Waals surface area contributed by atoms with E-state index in [2.05, 4.69) is 9.88 Å². The molecule has 0 bridgehead atoms. The SMILES string of the molecule is COC(=O)c1ccc(CN(C(=O)N2CCN(C3COC3)CC2)c2ccc(Cl)cc2)nc1. The number of pyridine rings is 1. The van der Waals surface area contributed by atoms with E-state index in [-0.39, 0.29) is 12.6 Å². The third-order valence-electron chi connectivity index (χ3n) is 5.66. The van der Waals surface area contributed by atoms with Gasteiger partial charge in [0.25, 0.3) is 0 Å². The van der Waals surface area contributed by atoms with E-state index < -0.39 is 5.97 Å². The van der Waals surface area contributed by atoms with Crippen molar-refractivity contribution in [2.45, 2.75) is 12.6 Å². The standard InChI is InChI=1S/C22H25ClN4O4/c1-30-21(28)16-2-5-18(24-12-16)13-27(19-6-3-17(23)4-7-19)22(29)26-10-8-25(9-11-26)20-14-31-15-20/h2-7,12,20H,8-11,13-15H2,1H3. The van der Waals surface area contributed by atoms with Crippen molar-refractivity contribution < 1.29 is 19.1 Å². The Morgan fingerprint density at radius 3 is 2.39 bits per heavy atom. The molecule has 0 aliphatic carbocycles. The highest BCUT2D eigenvalue weighted by Gasteiger charge is 2.32. The molecular formula is C22H25ClN4O4. The molecule has 0 N–H and O–H groups in total. The molecule has 2 aliphatic heterocycles. The summed E-state index contributed by atoms with van der Waals surface area (Å²) in [6.07, 6.45) is 1.46. The fourth-order valence-corrected chi connectivity index (χ4v) is 3.82. The van der Waals surface area contributed by atoms with Crippen LogP contribution < -0.4 is 4.90 Å². The van der Waals surface area contributed by atoms with E-state index in [0.29, 0.717) is 35.4 Å². The van der Waals surface area contributed by atoms with Crippen LogP contribution in [0.2, 0.25) is 5.02 Å². The summed E-state index contributed by atoms with van der Waals surface area (Å²) in [6.45, 7) is 4.82. The fraction of sp³-hybridized carbons (Fsp3) is 0.409. The van der Waals surface area contributed by atoms with E-state index in [1.54, 1.807) is 29.2 Å². The second-order valence-electron chi connectivity index (χ2n) is 7.59. The predicted molar refractivity (Wildman–Crippen MR) is 116 cm³/mol. The smallest absolute Gasteiger partial charge is 0.339 e. The first-order valence-electron chi connectivity index (χ1n) is 10.2. The van der Waals surface area contributed by atoms with Crippen molar-refractivity contribution >= 4 is 29.3 Å². The molecule has 164 valence electrons. The van der Waals surface area contributed by atoms with Crippen LogP contribution in [-0.2, 0) is 16.0 Å². The van der Waals surface area contributed by atoms with Gasteiger partial charge >= 0.3 is 12.0 Å². The number of ether oxygens (including phenoxy) is 2. The van der Waals surface area contributed by atoms with Crippen LogP contribution in [0.15, 0.2) is 42.6 Å². The number of benzene rings is 1. The minimum atomic E-state index is -0.445. The van der Waals surface area contributed by atoms with Gasteiger partial charge in [-0.25, -0.2) is 9.59 Å². The summed E-state index contributed by atoms with van der Waals surface area (Å²) in [7, 11) is 1.33. The topological polar surface area (TPSA) is 75.2 Å². The third-order valence-corrected chi connectivity index (χ3v) is 5.91. The Hall–Kier alpha value is -2.68. The number of amides is 2. The molecule has 8 nitrogen and oxygen atoms in total. The molecule has 0 radical (unpaired) electrons. The predicted octanol–water partition coefficient (Wildman–Crippen LogP) is 2.66. The summed E-state index contributed by atoms with van der Waals surface area (Å²) >= 11 is 6.04. The van der Waals surface area contributed by atoms with Crippen LogP contribution in [0.5, 0.6) is 0 Å². The zero-order valence-corrected chi connectivity index (χ0v) is 18.1. The number of urea groups is 1. The molecule has 3 heterocycles. The first kappa shape index (κ1) is 21.5. The molecule has 0 atom stereocenters. The first-order chi connectivity index (χ1) is 15.0. The molecule has 9 heteroatoms. The number of carbonyl (C=O) groups excluding carboxylic acids is 2. The Labute approximate surface area is 186 Å². The van der Waals surface area contributed by atoms with Gasteiger partial charge in [0.05, 0.1) is 44.2 Å². The molecule has 0 unspecified atom stereocenters. The Balaban J connectivity index is 1.49. The molecule has 1 aromatic carbocycles. The van der Waals surface area contributed by atoms with E-state index in [1.807, 2.05) is 17.0 Å². The highest BCUT2D eigenvalue weighted by atomic mass is 35.5. The molecule has 0 saturated carbocycles. The van der Waals surface area contributed by atoms with Gasteiger partial charge < -0.3 is 14.4 Å². The highest BCUT2D eigenvalue weighted by molar-refractivity contribution is 6.30. The van der Waals surface area contributed by atoms with Crippen LogP contribution in [0.25, 0.3) is 0 Å². The fourth-order valence-electron chi connectivity index (χ4n) is 3.69. The summed E-state index contributed by atoms with van der Waals surface area (Å²) in [5.74, 6) is -0.445. The van der Waals surface area contributed by atoms with Gasteiger partial charge in [0.1, 0.15) is 0 Å². The number of rotatable bonds is 5. The number of nitrogens with zero attached hydrogens (tertiary/aromatic N) is 4. The number of anilines is 1. The molecule has 2 saturated heterocycles. The average Bonchev–Trinajstić information content (AvgIpc) is 2.77. The lowest BCUT2D eigenvalue weighted by atomic mass is 10.2. The summed E-state index contributed by atoms with van der Waals surface area (Å²) in [5, 5.41) is 0.605. The molecular weight excluding hydrogens is 420 g/mol. The number of hydrogen-bond donors (Lipinski definition) is 0. The molecule has 1 aromatic heterocycles. The van der Waals surface area contributed by atoms with Crippen molar-refractivity contribution in [2.75, 3.05) is 51.4 Å². The van der Waals surface area contributed by atoms with Gasteiger partial charge in [0.2, 0.25) is 0 Å². The lowest BCUT2D eigenvalue weighted by molar-refractivity contribution is -0.0738. The number of halogens is 1. The van der Waals surface area contributed by atoms with Crippen molar-refractivity contribution in [2.24, 2.45) is 0 Å². The second-order valence-corrected chi connectivity index (χ2v) is 8.03. The maximum Gasteiger partial charge on any atom is 0.339 e.